The summed E-state index contributed by atoms with van der Waals surface area (Å²) in [5.41, 5.74) is 3.65. The first-order chi connectivity index (χ1) is 14.1. The molecular formula is C22H24Cl2O6. The number of hydrogen-bond donors (Lipinski definition) is 1. The van der Waals surface area contributed by atoms with Gasteiger partial charge in [0.1, 0.15) is 12.4 Å². The Labute approximate surface area is 185 Å². The number of carboxylic acids is 1. The van der Waals surface area contributed by atoms with Crippen LogP contribution in [0.5, 0.6) is 5.75 Å². The summed E-state index contributed by atoms with van der Waals surface area (Å²) < 4.78 is 15.9. The second-order valence-corrected chi connectivity index (χ2v) is 7.71. The number of benzene rings is 2. The molecule has 0 aromatic heterocycles. The van der Waals surface area contributed by atoms with Crippen LogP contribution in [0.25, 0.3) is 0 Å². The Morgan fingerprint density at radius 2 is 1.40 bits per heavy atom. The maximum atomic E-state index is 11.9. The van der Waals surface area contributed by atoms with Crippen LogP contribution >= 0.6 is 23.2 Å². The fourth-order valence-corrected chi connectivity index (χ4v) is 3.17. The Morgan fingerprint density at radius 3 is 1.90 bits per heavy atom. The van der Waals surface area contributed by atoms with E-state index in [0.29, 0.717) is 21.4 Å². The first-order valence-corrected chi connectivity index (χ1v) is 10.0. The van der Waals surface area contributed by atoms with E-state index >= 15 is 0 Å². The number of esters is 1. The maximum Gasteiger partial charge on any atom is 0.337 e. The van der Waals surface area contributed by atoms with Gasteiger partial charge < -0.3 is 19.3 Å². The number of rotatable bonds is 9. The molecule has 2 aromatic carbocycles. The first kappa shape index (κ1) is 24.2. The molecule has 2 rings (SSSR count). The molecule has 0 heterocycles. The van der Waals surface area contributed by atoms with Gasteiger partial charge in [0.25, 0.3) is 0 Å². The molecule has 0 radical (unpaired) electrons. The van der Waals surface area contributed by atoms with Crippen LogP contribution in [-0.2, 0) is 19.1 Å². The lowest BCUT2D eigenvalue weighted by atomic mass is 10.0. The highest BCUT2D eigenvalue weighted by atomic mass is 35.5. The summed E-state index contributed by atoms with van der Waals surface area (Å²) in [7, 11) is 0. The van der Waals surface area contributed by atoms with Gasteiger partial charge in [-0.2, -0.15) is 0 Å². The summed E-state index contributed by atoms with van der Waals surface area (Å²) in [5, 5.41) is 10.7. The number of carboxylic acid groups (broad SMARTS) is 1. The quantitative estimate of drug-likeness (QED) is 0.326. The number of aryl methyl sites for hydroxylation is 4. The number of hydrogen-bond acceptors (Lipinski definition) is 5. The van der Waals surface area contributed by atoms with Crippen LogP contribution in [0.4, 0.5) is 0 Å². The molecule has 0 spiro atoms. The lowest BCUT2D eigenvalue weighted by Gasteiger charge is -2.16. The molecule has 162 valence electrons. The molecule has 1 N–H and O–H groups in total. The van der Waals surface area contributed by atoms with Crippen LogP contribution in [0, 0.1) is 27.7 Å². The molecule has 8 heteroatoms. The van der Waals surface area contributed by atoms with Gasteiger partial charge in [0.15, 0.2) is 6.10 Å². The number of halogens is 2. The Morgan fingerprint density at radius 1 is 0.900 bits per heavy atom. The number of carbonyl (C=O) groups is 2. The van der Waals surface area contributed by atoms with Crippen LogP contribution in [-0.4, -0.2) is 36.9 Å². The van der Waals surface area contributed by atoms with E-state index in [2.05, 4.69) is 0 Å². The number of ether oxygens (including phenoxy) is 3. The third-order valence-corrected chi connectivity index (χ3v) is 5.55. The third kappa shape index (κ3) is 6.44. The minimum absolute atomic E-state index is 0.00979. The van der Waals surface area contributed by atoms with Crippen molar-refractivity contribution in [1.29, 1.82) is 0 Å². The van der Waals surface area contributed by atoms with Crippen molar-refractivity contribution in [3.63, 3.8) is 0 Å². The summed E-state index contributed by atoms with van der Waals surface area (Å²) in [6.07, 6.45) is -1.16. The SMILES string of the molecule is Cc1cc(OC(=O)COCCOC(C(=O)O)c2cc(C)c(Cl)c(C)c2)cc(C)c1Cl. The molecule has 1 unspecified atom stereocenters. The summed E-state index contributed by atoms with van der Waals surface area (Å²) in [4.78, 5) is 23.5. The zero-order valence-electron chi connectivity index (χ0n) is 17.3. The van der Waals surface area contributed by atoms with Gasteiger partial charge in [-0.05, 0) is 67.6 Å². The first-order valence-electron chi connectivity index (χ1n) is 9.26. The van der Waals surface area contributed by atoms with Gasteiger partial charge in [-0.1, -0.05) is 35.3 Å². The maximum absolute atomic E-state index is 11.9. The van der Waals surface area contributed by atoms with Crippen LogP contribution in [0.3, 0.4) is 0 Å². The molecule has 1 atom stereocenters. The zero-order chi connectivity index (χ0) is 22.4. The molecule has 2 aromatic rings. The van der Waals surface area contributed by atoms with Crippen LogP contribution in [0.15, 0.2) is 24.3 Å². The zero-order valence-corrected chi connectivity index (χ0v) is 18.8. The predicted molar refractivity (Wildman–Crippen MR) is 115 cm³/mol. The van der Waals surface area contributed by atoms with Crippen LogP contribution in [0.1, 0.15) is 33.9 Å². The largest absolute Gasteiger partial charge is 0.479 e. The van der Waals surface area contributed by atoms with E-state index in [0.717, 1.165) is 22.3 Å². The molecule has 0 aliphatic carbocycles. The summed E-state index contributed by atoms with van der Waals surface area (Å²) in [6.45, 7) is 6.98. The van der Waals surface area contributed by atoms with E-state index < -0.39 is 18.0 Å². The average molecular weight is 455 g/mol. The van der Waals surface area contributed by atoms with E-state index in [1.54, 1.807) is 38.1 Å². The minimum Gasteiger partial charge on any atom is -0.479 e. The van der Waals surface area contributed by atoms with Crippen LogP contribution < -0.4 is 4.74 Å². The number of carbonyl (C=O) groups excluding carboxylic acids is 1. The van der Waals surface area contributed by atoms with E-state index in [4.69, 9.17) is 37.4 Å². The van der Waals surface area contributed by atoms with Gasteiger partial charge in [0.2, 0.25) is 0 Å². The Hall–Kier alpha value is -2.12. The fourth-order valence-electron chi connectivity index (χ4n) is 2.95. The Bertz CT molecular complexity index is 895. The van der Waals surface area contributed by atoms with Crippen molar-refractivity contribution in [2.45, 2.75) is 33.8 Å². The smallest absolute Gasteiger partial charge is 0.337 e. The highest BCUT2D eigenvalue weighted by Gasteiger charge is 2.22. The predicted octanol–water partition coefficient (Wildman–Crippen LogP) is 4.99. The van der Waals surface area contributed by atoms with E-state index in [9.17, 15) is 14.7 Å². The molecular weight excluding hydrogens is 431 g/mol. The fraction of sp³-hybridized carbons (Fsp3) is 0.364. The minimum atomic E-state index is -1.16. The Kier molecular flexibility index (Phi) is 8.67. The molecule has 30 heavy (non-hydrogen) atoms. The van der Waals surface area contributed by atoms with Gasteiger partial charge in [-0.3, -0.25) is 0 Å². The van der Waals surface area contributed by atoms with Crippen molar-refractivity contribution in [2.75, 3.05) is 19.8 Å². The van der Waals surface area contributed by atoms with Gasteiger partial charge >= 0.3 is 11.9 Å². The summed E-state index contributed by atoms with van der Waals surface area (Å²) >= 11 is 12.2. The second-order valence-electron chi connectivity index (χ2n) is 6.96. The van der Waals surface area contributed by atoms with Gasteiger partial charge in [0, 0.05) is 10.0 Å². The molecule has 0 aliphatic rings. The average Bonchev–Trinajstić information content (AvgIpc) is 2.66. The van der Waals surface area contributed by atoms with Gasteiger partial charge in [-0.25, -0.2) is 9.59 Å². The molecule has 0 aliphatic heterocycles. The molecule has 0 bridgehead atoms. The molecule has 0 amide bonds. The van der Waals surface area contributed by atoms with Gasteiger partial charge in [0.05, 0.1) is 13.2 Å². The lowest BCUT2D eigenvalue weighted by Crippen LogP contribution is -2.21. The van der Waals surface area contributed by atoms with Crippen molar-refractivity contribution < 1.29 is 28.9 Å². The molecule has 6 nitrogen and oxygen atoms in total. The topological polar surface area (TPSA) is 82.1 Å². The van der Waals surface area contributed by atoms with E-state index in [1.807, 2.05) is 13.8 Å². The highest BCUT2D eigenvalue weighted by molar-refractivity contribution is 6.32. The normalized spacial score (nSPS) is 11.9. The van der Waals surface area contributed by atoms with Crippen molar-refractivity contribution in [3.8, 4) is 5.75 Å². The van der Waals surface area contributed by atoms with E-state index in [1.165, 1.54) is 0 Å². The highest BCUT2D eigenvalue weighted by Crippen LogP contribution is 2.27. The number of aliphatic carboxylic acids is 1. The van der Waals surface area contributed by atoms with Crippen molar-refractivity contribution in [3.05, 3.63) is 62.1 Å². The summed E-state index contributed by atoms with van der Waals surface area (Å²) in [5.74, 6) is -1.31. The lowest BCUT2D eigenvalue weighted by molar-refractivity contribution is -0.153. The van der Waals surface area contributed by atoms with Crippen molar-refractivity contribution in [1.82, 2.24) is 0 Å². The molecule has 0 fully saturated rings. The monoisotopic (exact) mass is 454 g/mol. The van der Waals surface area contributed by atoms with Crippen molar-refractivity contribution >= 4 is 35.1 Å². The van der Waals surface area contributed by atoms with Crippen LogP contribution in [0.2, 0.25) is 10.0 Å². The Balaban J connectivity index is 1.83. The molecule has 0 saturated carbocycles. The molecule has 0 saturated heterocycles. The third-order valence-electron chi connectivity index (χ3n) is 4.36. The van der Waals surface area contributed by atoms with Crippen molar-refractivity contribution in [2.24, 2.45) is 0 Å². The summed E-state index contributed by atoms with van der Waals surface area (Å²) in [6, 6.07) is 6.71. The van der Waals surface area contributed by atoms with E-state index in [-0.39, 0.29) is 19.8 Å². The second kappa shape index (κ2) is 10.8. The van der Waals surface area contributed by atoms with Gasteiger partial charge in [-0.15, -0.1) is 0 Å². The standard InChI is InChI=1S/C22H24Cl2O6/c1-12-7-16(8-13(2)19(12)23)21(22(26)27)29-6-5-28-11-18(25)30-17-9-14(3)20(24)15(4)10-17/h7-10,21H,5-6,11H2,1-4H3,(H,26,27).